The third-order valence-electron chi connectivity index (χ3n) is 3.36. The van der Waals surface area contributed by atoms with Crippen LogP contribution in [0.2, 0.25) is 5.02 Å². The van der Waals surface area contributed by atoms with Crippen LogP contribution in [0.3, 0.4) is 0 Å². The first-order valence-electron chi connectivity index (χ1n) is 7.45. The van der Waals surface area contributed by atoms with Crippen LogP contribution in [0, 0.1) is 0 Å². The molecule has 3 rings (SSSR count). The van der Waals surface area contributed by atoms with Gasteiger partial charge in [-0.25, -0.2) is 14.8 Å². The summed E-state index contributed by atoms with van der Waals surface area (Å²) in [5, 5.41) is 6.87. The molecule has 0 radical (unpaired) electrons. The van der Waals surface area contributed by atoms with E-state index in [0.717, 1.165) is 5.69 Å². The average molecular weight is 355 g/mol. The van der Waals surface area contributed by atoms with E-state index in [2.05, 4.69) is 20.6 Å². The van der Waals surface area contributed by atoms with Crippen molar-refractivity contribution in [1.82, 2.24) is 9.97 Å². The lowest BCUT2D eigenvalue weighted by molar-refractivity contribution is 0.0601. The van der Waals surface area contributed by atoms with Gasteiger partial charge in [-0.05, 0) is 30.3 Å². The van der Waals surface area contributed by atoms with Crippen LogP contribution < -0.4 is 10.6 Å². The Morgan fingerprint density at radius 3 is 2.52 bits per heavy atom. The monoisotopic (exact) mass is 354 g/mol. The van der Waals surface area contributed by atoms with Crippen molar-refractivity contribution < 1.29 is 9.53 Å². The summed E-state index contributed by atoms with van der Waals surface area (Å²) in [5.74, 6) is 0.772. The van der Waals surface area contributed by atoms with Crippen molar-refractivity contribution in [2.75, 3.05) is 17.7 Å². The first-order valence-corrected chi connectivity index (χ1v) is 7.82. The summed E-state index contributed by atoms with van der Waals surface area (Å²) in [6.45, 7) is 0. The van der Waals surface area contributed by atoms with Crippen LogP contribution in [-0.4, -0.2) is 23.0 Å². The van der Waals surface area contributed by atoms with Crippen LogP contribution in [0.15, 0.2) is 60.9 Å². The molecule has 0 fully saturated rings. The zero-order valence-electron chi connectivity index (χ0n) is 13.4. The Hall–Kier alpha value is -3.12. The van der Waals surface area contributed by atoms with Crippen molar-refractivity contribution in [3.05, 3.63) is 71.5 Å². The number of anilines is 4. The van der Waals surface area contributed by atoms with E-state index in [1.54, 1.807) is 30.3 Å². The van der Waals surface area contributed by atoms with E-state index in [9.17, 15) is 4.79 Å². The number of nitrogens with zero attached hydrogens (tertiary/aromatic N) is 2. The van der Waals surface area contributed by atoms with Gasteiger partial charge in [0.15, 0.2) is 0 Å². The molecule has 0 aliphatic rings. The molecule has 6 nitrogen and oxygen atoms in total. The number of para-hydroxylation sites is 1. The molecule has 0 bridgehead atoms. The molecule has 0 amide bonds. The number of methoxy groups -OCH3 is 1. The van der Waals surface area contributed by atoms with E-state index < -0.39 is 5.97 Å². The van der Waals surface area contributed by atoms with Gasteiger partial charge >= 0.3 is 5.97 Å². The SMILES string of the molecule is COC(=O)c1cccc(Nc2cc(Nc3ccccc3Cl)ncn2)c1. The van der Waals surface area contributed by atoms with Gasteiger partial charge in [0.25, 0.3) is 0 Å². The summed E-state index contributed by atoms with van der Waals surface area (Å²) in [6, 6.07) is 16.1. The molecular weight excluding hydrogens is 340 g/mol. The van der Waals surface area contributed by atoms with Crippen LogP contribution in [0.25, 0.3) is 0 Å². The minimum Gasteiger partial charge on any atom is -0.465 e. The molecule has 3 aromatic rings. The second-order valence-electron chi connectivity index (χ2n) is 5.09. The molecule has 0 aliphatic heterocycles. The maximum absolute atomic E-state index is 11.6. The van der Waals surface area contributed by atoms with Crippen LogP contribution in [-0.2, 0) is 4.74 Å². The number of carbonyl (C=O) groups excluding carboxylic acids is 1. The molecular formula is C18H15ClN4O2. The van der Waals surface area contributed by atoms with Crippen molar-refractivity contribution in [3.63, 3.8) is 0 Å². The molecule has 126 valence electrons. The molecule has 0 saturated carbocycles. The lowest BCUT2D eigenvalue weighted by Gasteiger charge is -2.10. The van der Waals surface area contributed by atoms with Crippen molar-refractivity contribution in [3.8, 4) is 0 Å². The Morgan fingerprint density at radius 1 is 1.00 bits per heavy atom. The number of carbonyl (C=O) groups is 1. The zero-order chi connectivity index (χ0) is 17.6. The van der Waals surface area contributed by atoms with Crippen molar-refractivity contribution in [1.29, 1.82) is 0 Å². The number of ether oxygens (including phenoxy) is 1. The predicted molar refractivity (Wildman–Crippen MR) is 97.8 cm³/mol. The number of halogens is 1. The third-order valence-corrected chi connectivity index (χ3v) is 3.69. The van der Waals surface area contributed by atoms with E-state index in [1.807, 2.05) is 24.3 Å². The normalized spacial score (nSPS) is 10.2. The Labute approximate surface area is 149 Å². The van der Waals surface area contributed by atoms with Crippen LogP contribution in [0.5, 0.6) is 0 Å². The fourth-order valence-electron chi connectivity index (χ4n) is 2.18. The quantitative estimate of drug-likeness (QED) is 0.661. The molecule has 0 saturated heterocycles. The summed E-state index contributed by atoms with van der Waals surface area (Å²) in [5.41, 5.74) is 1.92. The molecule has 1 aromatic heterocycles. The van der Waals surface area contributed by atoms with Gasteiger partial charge in [0.05, 0.1) is 23.4 Å². The highest BCUT2D eigenvalue weighted by Gasteiger charge is 2.07. The van der Waals surface area contributed by atoms with Crippen molar-refractivity contribution >= 4 is 40.6 Å². The highest BCUT2D eigenvalue weighted by atomic mass is 35.5. The maximum atomic E-state index is 11.6. The van der Waals surface area contributed by atoms with E-state index in [0.29, 0.717) is 27.9 Å². The highest BCUT2D eigenvalue weighted by Crippen LogP contribution is 2.25. The van der Waals surface area contributed by atoms with Gasteiger partial charge in [-0.3, -0.25) is 0 Å². The molecule has 0 spiro atoms. The van der Waals surface area contributed by atoms with Gasteiger partial charge < -0.3 is 15.4 Å². The lowest BCUT2D eigenvalue weighted by atomic mass is 10.2. The minimum atomic E-state index is -0.396. The summed E-state index contributed by atoms with van der Waals surface area (Å²) < 4.78 is 4.72. The predicted octanol–water partition coefficient (Wildman–Crippen LogP) is 4.40. The molecule has 2 aromatic carbocycles. The van der Waals surface area contributed by atoms with E-state index in [-0.39, 0.29) is 0 Å². The van der Waals surface area contributed by atoms with Crippen molar-refractivity contribution in [2.45, 2.75) is 0 Å². The maximum Gasteiger partial charge on any atom is 0.337 e. The Balaban J connectivity index is 1.78. The molecule has 1 heterocycles. The van der Waals surface area contributed by atoms with Crippen LogP contribution in [0.1, 0.15) is 10.4 Å². The summed E-state index contributed by atoms with van der Waals surface area (Å²) in [4.78, 5) is 20.0. The summed E-state index contributed by atoms with van der Waals surface area (Å²) in [7, 11) is 1.35. The summed E-state index contributed by atoms with van der Waals surface area (Å²) >= 11 is 6.14. The van der Waals surface area contributed by atoms with Crippen molar-refractivity contribution in [2.24, 2.45) is 0 Å². The molecule has 0 unspecified atom stereocenters. The topological polar surface area (TPSA) is 76.1 Å². The third kappa shape index (κ3) is 4.24. The smallest absolute Gasteiger partial charge is 0.337 e. The molecule has 25 heavy (non-hydrogen) atoms. The number of aromatic nitrogens is 2. The molecule has 7 heteroatoms. The lowest BCUT2D eigenvalue weighted by Crippen LogP contribution is -2.02. The highest BCUT2D eigenvalue weighted by molar-refractivity contribution is 6.33. The number of nitrogens with one attached hydrogen (secondary N) is 2. The molecule has 0 aliphatic carbocycles. The van der Waals surface area contributed by atoms with Gasteiger partial charge in [-0.1, -0.05) is 29.8 Å². The van der Waals surface area contributed by atoms with Crippen LogP contribution >= 0.6 is 11.6 Å². The van der Waals surface area contributed by atoms with Gasteiger partial charge in [-0.2, -0.15) is 0 Å². The van der Waals surface area contributed by atoms with E-state index >= 15 is 0 Å². The molecule has 2 N–H and O–H groups in total. The standard InChI is InChI=1S/C18H15ClN4O2/c1-25-18(24)12-5-4-6-13(9-12)22-16-10-17(21-11-20-16)23-15-8-3-2-7-14(15)19/h2-11H,1H3,(H2,20,21,22,23). The van der Waals surface area contributed by atoms with Gasteiger partial charge in [-0.15, -0.1) is 0 Å². The summed E-state index contributed by atoms with van der Waals surface area (Å²) in [6.07, 6.45) is 1.44. The van der Waals surface area contributed by atoms with E-state index in [1.165, 1.54) is 13.4 Å². The first-order chi connectivity index (χ1) is 12.2. The Bertz CT molecular complexity index is 902. The number of hydrogen-bond donors (Lipinski definition) is 2. The van der Waals surface area contributed by atoms with Gasteiger partial charge in [0.2, 0.25) is 0 Å². The minimum absolute atomic E-state index is 0.396. The van der Waals surface area contributed by atoms with Gasteiger partial charge in [0.1, 0.15) is 18.0 Å². The number of rotatable bonds is 5. The fraction of sp³-hybridized carbons (Fsp3) is 0.0556. The van der Waals surface area contributed by atoms with Crippen LogP contribution in [0.4, 0.5) is 23.0 Å². The number of benzene rings is 2. The zero-order valence-corrected chi connectivity index (χ0v) is 14.1. The number of esters is 1. The Morgan fingerprint density at radius 2 is 1.76 bits per heavy atom. The first kappa shape index (κ1) is 16.7. The second kappa shape index (κ2) is 7.63. The number of hydrogen-bond acceptors (Lipinski definition) is 6. The Kier molecular flexibility index (Phi) is 5.11. The second-order valence-corrected chi connectivity index (χ2v) is 5.50. The van der Waals surface area contributed by atoms with Gasteiger partial charge in [0, 0.05) is 11.8 Å². The average Bonchev–Trinajstić information content (AvgIpc) is 2.63. The molecule has 0 atom stereocenters. The fourth-order valence-corrected chi connectivity index (χ4v) is 2.37. The largest absolute Gasteiger partial charge is 0.465 e. The van der Waals surface area contributed by atoms with E-state index in [4.69, 9.17) is 16.3 Å².